The highest BCUT2D eigenvalue weighted by molar-refractivity contribution is 9.09. The van der Waals surface area contributed by atoms with E-state index in [0.29, 0.717) is 17.9 Å². The summed E-state index contributed by atoms with van der Waals surface area (Å²) in [6, 6.07) is 6.72. The van der Waals surface area contributed by atoms with Gasteiger partial charge in [-0.25, -0.2) is 4.39 Å². The number of carbonyl (C=O) groups is 1. The lowest BCUT2D eigenvalue weighted by molar-refractivity contribution is 0.0941. The molecular weight excluding hydrogens is 425 g/mol. The number of aromatic nitrogens is 2. The van der Waals surface area contributed by atoms with Crippen LogP contribution in [0, 0.1) is 12.7 Å². The van der Waals surface area contributed by atoms with Gasteiger partial charge in [-0.15, -0.1) is 0 Å². The maximum absolute atomic E-state index is 14.6. The van der Waals surface area contributed by atoms with Crippen molar-refractivity contribution in [1.29, 1.82) is 0 Å². The van der Waals surface area contributed by atoms with Gasteiger partial charge in [0.05, 0.1) is 12.3 Å². The molecule has 28 heavy (non-hydrogen) atoms. The van der Waals surface area contributed by atoms with Crippen molar-refractivity contribution < 1.29 is 13.9 Å². The number of ether oxygens (including phenoxy) is 1. The molecular formula is C21H29BrFN3O2. The van der Waals surface area contributed by atoms with Crippen molar-refractivity contribution in [2.45, 2.75) is 52.0 Å². The van der Waals surface area contributed by atoms with Crippen LogP contribution in [0.4, 0.5) is 4.39 Å². The van der Waals surface area contributed by atoms with Crippen molar-refractivity contribution >= 4 is 21.8 Å². The average Bonchev–Trinajstić information content (AvgIpc) is 3.02. The van der Waals surface area contributed by atoms with Gasteiger partial charge in [-0.05, 0) is 31.9 Å². The molecule has 2 aromatic rings. The quantitative estimate of drug-likeness (QED) is 0.366. The number of nitrogens with zero attached hydrogens (tertiary/aromatic N) is 2. The number of hydrogen-bond donors (Lipinski definition) is 1. The van der Waals surface area contributed by atoms with E-state index in [2.05, 4.69) is 26.3 Å². The predicted octanol–water partition coefficient (Wildman–Crippen LogP) is 4.91. The highest BCUT2D eigenvalue weighted by atomic mass is 79.9. The summed E-state index contributed by atoms with van der Waals surface area (Å²) in [5.41, 5.74) is 1.61. The number of halogens is 2. The van der Waals surface area contributed by atoms with E-state index < -0.39 is 5.82 Å². The van der Waals surface area contributed by atoms with Gasteiger partial charge < -0.3 is 10.1 Å². The molecule has 1 heterocycles. The standard InChI is InChI=1S/C21H29BrFN3O2/c1-16-14-18(26(2)25-16)21(27)24-15-17-10-9-11-19(20(17)23)28-13-8-6-4-3-5-7-12-22/h9-11,14H,3-8,12-13,15H2,1-2H3,(H,24,27). The van der Waals surface area contributed by atoms with Gasteiger partial charge in [-0.2, -0.15) is 5.10 Å². The normalized spacial score (nSPS) is 10.9. The van der Waals surface area contributed by atoms with Gasteiger partial charge in [-0.1, -0.05) is 53.7 Å². The number of hydrogen-bond acceptors (Lipinski definition) is 3. The Bertz CT molecular complexity index is 764. The Morgan fingerprint density at radius 1 is 1.21 bits per heavy atom. The minimum atomic E-state index is -0.415. The minimum Gasteiger partial charge on any atom is -0.491 e. The lowest BCUT2D eigenvalue weighted by Crippen LogP contribution is -2.25. The molecule has 0 aliphatic rings. The van der Waals surface area contributed by atoms with Crippen LogP contribution in [0.25, 0.3) is 0 Å². The van der Waals surface area contributed by atoms with Gasteiger partial charge >= 0.3 is 0 Å². The molecule has 0 saturated heterocycles. The second kappa shape index (κ2) is 11.8. The zero-order chi connectivity index (χ0) is 20.4. The molecule has 2 rings (SSSR count). The molecule has 1 aromatic heterocycles. The third-order valence-electron chi connectivity index (χ3n) is 4.50. The molecule has 0 spiro atoms. The van der Waals surface area contributed by atoms with Crippen molar-refractivity contribution in [1.82, 2.24) is 15.1 Å². The number of unbranched alkanes of at least 4 members (excludes halogenated alkanes) is 5. The topological polar surface area (TPSA) is 56.1 Å². The number of carbonyl (C=O) groups excluding carboxylic acids is 1. The molecule has 0 aliphatic heterocycles. The fourth-order valence-corrected chi connectivity index (χ4v) is 3.38. The van der Waals surface area contributed by atoms with Crippen molar-refractivity contribution in [2.75, 3.05) is 11.9 Å². The number of amides is 1. The molecule has 0 bridgehead atoms. The number of aryl methyl sites for hydroxylation is 2. The predicted molar refractivity (Wildman–Crippen MR) is 113 cm³/mol. The van der Waals surface area contributed by atoms with E-state index in [9.17, 15) is 9.18 Å². The molecule has 1 aromatic carbocycles. The Labute approximate surface area is 174 Å². The van der Waals surface area contributed by atoms with Crippen molar-refractivity contribution in [3.05, 3.63) is 47.0 Å². The van der Waals surface area contributed by atoms with Crippen LogP contribution >= 0.6 is 15.9 Å². The molecule has 0 radical (unpaired) electrons. The first-order valence-electron chi connectivity index (χ1n) is 9.78. The Morgan fingerprint density at radius 2 is 1.93 bits per heavy atom. The van der Waals surface area contributed by atoms with Crippen LogP contribution in [0.2, 0.25) is 0 Å². The maximum atomic E-state index is 14.6. The SMILES string of the molecule is Cc1cc(C(=O)NCc2cccc(OCCCCCCCCBr)c2F)n(C)n1. The number of alkyl halides is 1. The highest BCUT2D eigenvalue weighted by Crippen LogP contribution is 2.21. The summed E-state index contributed by atoms with van der Waals surface area (Å²) in [7, 11) is 1.71. The first-order chi connectivity index (χ1) is 13.5. The van der Waals surface area contributed by atoms with Crippen LogP contribution < -0.4 is 10.1 Å². The number of nitrogens with one attached hydrogen (secondary N) is 1. The van der Waals surface area contributed by atoms with Gasteiger partial charge in [0, 0.05) is 24.5 Å². The van der Waals surface area contributed by atoms with Crippen LogP contribution in [0.15, 0.2) is 24.3 Å². The first-order valence-corrected chi connectivity index (χ1v) is 10.9. The molecule has 1 amide bonds. The number of rotatable bonds is 12. The summed E-state index contributed by atoms with van der Waals surface area (Å²) in [4.78, 5) is 12.3. The van der Waals surface area contributed by atoms with E-state index in [1.54, 1.807) is 31.3 Å². The van der Waals surface area contributed by atoms with E-state index in [-0.39, 0.29) is 18.2 Å². The summed E-state index contributed by atoms with van der Waals surface area (Å²) in [5, 5.41) is 7.95. The Hall–Kier alpha value is -1.89. The summed E-state index contributed by atoms with van der Waals surface area (Å²) in [6.07, 6.45) is 6.86. The molecule has 1 N–H and O–H groups in total. The first kappa shape index (κ1) is 22.4. The Kier molecular flexibility index (Phi) is 9.47. The second-order valence-corrected chi connectivity index (χ2v) is 7.66. The van der Waals surface area contributed by atoms with E-state index in [1.165, 1.54) is 30.4 Å². The molecule has 0 aliphatic carbocycles. The van der Waals surface area contributed by atoms with Gasteiger partial charge in [0.2, 0.25) is 0 Å². The average molecular weight is 454 g/mol. The lowest BCUT2D eigenvalue weighted by atomic mass is 10.1. The second-order valence-electron chi connectivity index (χ2n) is 6.87. The van der Waals surface area contributed by atoms with Crippen molar-refractivity contribution in [3.8, 4) is 5.75 Å². The highest BCUT2D eigenvalue weighted by Gasteiger charge is 2.14. The molecule has 0 saturated carbocycles. The van der Waals surface area contributed by atoms with Crippen molar-refractivity contribution in [3.63, 3.8) is 0 Å². The summed E-state index contributed by atoms with van der Waals surface area (Å²) in [6.45, 7) is 2.42. The molecule has 0 atom stereocenters. The third kappa shape index (κ3) is 6.93. The molecule has 0 fully saturated rings. The molecule has 154 valence electrons. The minimum absolute atomic E-state index is 0.0969. The summed E-state index contributed by atoms with van der Waals surface area (Å²) >= 11 is 3.43. The van der Waals surface area contributed by atoms with E-state index in [4.69, 9.17) is 4.74 Å². The monoisotopic (exact) mass is 453 g/mol. The lowest BCUT2D eigenvalue weighted by Gasteiger charge is -2.11. The van der Waals surface area contributed by atoms with Gasteiger partial charge in [0.1, 0.15) is 5.69 Å². The van der Waals surface area contributed by atoms with Crippen LogP contribution in [-0.4, -0.2) is 27.6 Å². The van der Waals surface area contributed by atoms with E-state index >= 15 is 0 Å². The van der Waals surface area contributed by atoms with Crippen LogP contribution in [0.3, 0.4) is 0 Å². The smallest absolute Gasteiger partial charge is 0.269 e. The zero-order valence-corrected chi connectivity index (χ0v) is 18.2. The summed E-state index contributed by atoms with van der Waals surface area (Å²) < 4.78 is 21.7. The third-order valence-corrected chi connectivity index (χ3v) is 5.06. The fraction of sp³-hybridized carbons (Fsp3) is 0.524. The van der Waals surface area contributed by atoms with Gasteiger partial charge in [-0.3, -0.25) is 9.48 Å². The molecule has 7 heteroatoms. The fourth-order valence-electron chi connectivity index (χ4n) is 2.98. The number of benzene rings is 1. The Balaban J connectivity index is 1.78. The molecule has 0 unspecified atom stereocenters. The van der Waals surface area contributed by atoms with Crippen molar-refractivity contribution in [2.24, 2.45) is 7.05 Å². The van der Waals surface area contributed by atoms with Gasteiger partial charge in [0.25, 0.3) is 5.91 Å². The van der Waals surface area contributed by atoms with Crippen LogP contribution in [0.5, 0.6) is 5.75 Å². The largest absolute Gasteiger partial charge is 0.491 e. The van der Waals surface area contributed by atoms with Crippen LogP contribution in [-0.2, 0) is 13.6 Å². The van der Waals surface area contributed by atoms with Crippen LogP contribution in [0.1, 0.15) is 60.3 Å². The summed E-state index contributed by atoms with van der Waals surface area (Å²) in [5.74, 6) is -0.461. The van der Waals surface area contributed by atoms with E-state index in [1.807, 2.05) is 6.92 Å². The Morgan fingerprint density at radius 3 is 2.61 bits per heavy atom. The molecule has 5 nitrogen and oxygen atoms in total. The van der Waals surface area contributed by atoms with Gasteiger partial charge in [0.15, 0.2) is 11.6 Å². The zero-order valence-electron chi connectivity index (χ0n) is 16.6. The van der Waals surface area contributed by atoms with E-state index in [0.717, 1.165) is 23.9 Å². The maximum Gasteiger partial charge on any atom is 0.269 e.